The summed E-state index contributed by atoms with van der Waals surface area (Å²) >= 11 is 0. The number of nitrogens with zero attached hydrogens (tertiary/aromatic N) is 2. The van der Waals surface area contributed by atoms with Crippen molar-refractivity contribution in [3.63, 3.8) is 0 Å². The third-order valence-electron chi connectivity index (χ3n) is 3.41. The number of furan rings is 1. The topological polar surface area (TPSA) is 106 Å². The van der Waals surface area contributed by atoms with Crippen LogP contribution in [0.25, 0.3) is 0 Å². The molecule has 8 nitrogen and oxygen atoms in total. The van der Waals surface area contributed by atoms with E-state index in [4.69, 9.17) is 9.15 Å². The van der Waals surface area contributed by atoms with Crippen LogP contribution in [0.15, 0.2) is 65.9 Å². The Hall–Kier alpha value is -3.68. The fourth-order valence-electron chi connectivity index (χ4n) is 2.05. The van der Waals surface area contributed by atoms with Gasteiger partial charge in [-0.05, 0) is 37.3 Å². The lowest BCUT2D eigenvalue weighted by Gasteiger charge is -2.14. The second-order valence-electron chi connectivity index (χ2n) is 5.37. The average Bonchev–Trinajstić information content (AvgIpc) is 3.19. The number of anilines is 1. The summed E-state index contributed by atoms with van der Waals surface area (Å²) in [5.41, 5.74) is 0.932. The second-order valence-corrected chi connectivity index (χ2v) is 5.37. The van der Waals surface area contributed by atoms with E-state index in [1.54, 1.807) is 37.4 Å². The number of carbonyl (C=O) groups excluding carboxylic acids is 2. The molecular weight excluding hydrogens is 336 g/mol. The molecule has 8 heteroatoms. The molecule has 2 N–H and O–H groups in total. The van der Waals surface area contributed by atoms with E-state index in [-0.39, 0.29) is 11.8 Å². The average molecular weight is 352 g/mol. The molecule has 1 aromatic carbocycles. The summed E-state index contributed by atoms with van der Waals surface area (Å²) in [5, 5.41) is 5.32. The van der Waals surface area contributed by atoms with Gasteiger partial charge in [0.25, 0.3) is 5.91 Å². The fraction of sp³-hybridized carbons (Fsp3) is 0.111. The molecule has 0 saturated heterocycles. The normalized spacial score (nSPS) is 11.4. The van der Waals surface area contributed by atoms with Crippen molar-refractivity contribution in [2.45, 2.75) is 13.0 Å². The first-order valence-corrected chi connectivity index (χ1v) is 7.79. The maximum Gasteiger partial charge on any atom is 0.255 e. The molecule has 2 aromatic heterocycles. The summed E-state index contributed by atoms with van der Waals surface area (Å²) in [7, 11) is 0. The quantitative estimate of drug-likeness (QED) is 0.706. The molecule has 26 heavy (non-hydrogen) atoms. The van der Waals surface area contributed by atoms with Crippen LogP contribution in [0.2, 0.25) is 0 Å². The zero-order chi connectivity index (χ0) is 18.4. The molecule has 0 saturated carbocycles. The predicted molar refractivity (Wildman–Crippen MR) is 92.8 cm³/mol. The molecule has 132 valence electrons. The molecule has 3 aromatic rings. The highest BCUT2D eigenvalue weighted by atomic mass is 16.5. The van der Waals surface area contributed by atoms with E-state index in [0.717, 1.165) is 0 Å². The molecule has 1 atom stereocenters. The minimum atomic E-state index is -0.715. The van der Waals surface area contributed by atoms with Gasteiger partial charge in [0.15, 0.2) is 0 Å². The molecule has 3 rings (SSSR count). The van der Waals surface area contributed by atoms with Crippen LogP contribution in [0.3, 0.4) is 0 Å². The number of hydrogen-bond acceptors (Lipinski definition) is 6. The lowest BCUT2D eigenvalue weighted by molar-refractivity contribution is -0.117. The zero-order valence-corrected chi connectivity index (χ0v) is 13.9. The number of nitrogens with one attached hydrogen (secondary N) is 2. The number of amides is 2. The van der Waals surface area contributed by atoms with Crippen molar-refractivity contribution in [3.05, 3.63) is 67.0 Å². The highest BCUT2D eigenvalue weighted by Gasteiger charge is 2.17. The van der Waals surface area contributed by atoms with Crippen LogP contribution in [0.4, 0.5) is 5.69 Å². The molecule has 0 aliphatic carbocycles. The van der Waals surface area contributed by atoms with E-state index in [9.17, 15) is 9.59 Å². The third kappa shape index (κ3) is 4.44. The van der Waals surface area contributed by atoms with E-state index < -0.39 is 6.04 Å². The van der Waals surface area contributed by atoms with Gasteiger partial charge < -0.3 is 19.8 Å². The molecule has 0 aliphatic heterocycles. The van der Waals surface area contributed by atoms with Gasteiger partial charge in [-0.1, -0.05) is 0 Å². The number of aromatic nitrogens is 2. The summed E-state index contributed by atoms with van der Waals surface area (Å²) in [4.78, 5) is 32.0. The van der Waals surface area contributed by atoms with Gasteiger partial charge >= 0.3 is 0 Å². The van der Waals surface area contributed by atoms with E-state index in [0.29, 0.717) is 22.9 Å². The predicted octanol–water partition coefficient (Wildman–Crippen LogP) is 2.62. The fourth-order valence-corrected chi connectivity index (χ4v) is 2.05. The van der Waals surface area contributed by atoms with Crippen LogP contribution in [0, 0.1) is 0 Å². The van der Waals surface area contributed by atoms with Gasteiger partial charge in [-0.2, -0.15) is 0 Å². The van der Waals surface area contributed by atoms with Crippen molar-refractivity contribution < 1.29 is 18.7 Å². The third-order valence-corrected chi connectivity index (χ3v) is 3.41. The Bertz CT molecular complexity index is 864. The van der Waals surface area contributed by atoms with E-state index in [2.05, 4.69) is 20.6 Å². The Balaban J connectivity index is 1.54. The van der Waals surface area contributed by atoms with Crippen molar-refractivity contribution in [2.24, 2.45) is 0 Å². The molecule has 2 heterocycles. The van der Waals surface area contributed by atoms with E-state index in [1.165, 1.54) is 31.0 Å². The van der Waals surface area contributed by atoms with Crippen molar-refractivity contribution in [3.8, 4) is 11.6 Å². The van der Waals surface area contributed by atoms with Gasteiger partial charge in [0.2, 0.25) is 11.8 Å². The van der Waals surface area contributed by atoms with Gasteiger partial charge in [0.1, 0.15) is 18.1 Å². The molecule has 0 aliphatic rings. The Labute approximate surface area is 149 Å². The number of benzene rings is 1. The first-order valence-electron chi connectivity index (χ1n) is 7.79. The van der Waals surface area contributed by atoms with Gasteiger partial charge in [0, 0.05) is 18.1 Å². The SMILES string of the molecule is C[C@H](NC(=O)c1ccoc1)C(=O)Nc1ccc(Oc2cnccn2)cc1. The van der Waals surface area contributed by atoms with E-state index >= 15 is 0 Å². The maximum atomic E-state index is 12.2. The number of ether oxygens (including phenoxy) is 1. The molecular formula is C18H16N4O4. The van der Waals surface area contributed by atoms with Gasteiger partial charge in [-0.3, -0.25) is 14.6 Å². The summed E-state index contributed by atoms with van der Waals surface area (Å²) in [6.07, 6.45) is 7.29. The Morgan fingerprint density at radius 1 is 1.15 bits per heavy atom. The van der Waals surface area contributed by atoms with Crippen molar-refractivity contribution in [1.29, 1.82) is 0 Å². The van der Waals surface area contributed by atoms with Crippen LogP contribution in [-0.4, -0.2) is 27.8 Å². The van der Waals surface area contributed by atoms with Crippen LogP contribution >= 0.6 is 0 Å². The van der Waals surface area contributed by atoms with Crippen molar-refractivity contribution in [2.75, 3.05) is 5.32 Å². The Morgan fingerprint density at radius 3 is 2.62 bits per heavy atom. The Kier molecular flexibility index (Phi) is 5.23. The molecule has 0 fully saturated rings. The van der Waals surface area contributed by atoms with Gasteiger partial charge in [-0.25, -0.2) is 4.98 Å². The lowest BCUT2D eigenvalue weighted by atomic mass is 10.2. The van der Waals surface area contributed by atoms with Crippen LogP contribution in [-0.2, 0) is 4.79 Å². The van der Waals surface area contributed by atoms with Gasteiger partial charge in [0.05, 0.1) is 18.0 Å². The lowest BCUT2D eigenvalue weighted by Crippen LogP contribution is -2.41. The number of hydrogen-bond donors (Lipinski definition) is 2. The molecule has 2 amide bonds. The highest BCUT2D eigenvalue weighted by Crippen LogP contribution is 2.20. The van der Waals surface area contributed by atoms with Crippen LogP contribution in [0.5, 0.6) is 11.6 Å². The summed E-state index contributed by atoms with van der Waals surface area (Å²) in [6.45, 7) is 1.60. The molecule has 0 radical (unpaired) electrons. The first-order chi connectivity index (χ1) is 12.6. The number of carbonyl (C=O) groups is 2. The zero-order valence-electron chi connectivity index (χ0n) is 13.9. The molecule has 0 unspecified atom stereocenters. The highest BCUT2D eigenvalue weighted by molar-refractivity contribution is 6.00. The molecule has 0 bridgehead atoms. The summed E-state index contributed by atoms with van der Waals surface area (Å²) in [5.74, 6) is 0.211. The summed E-state index contributed by atoms with van der Waals surface area (Å²) in [6, 6.07) is 7.57. The monoisotopic (exact) mass is 352 g/mol. The van der Waals surface area contributed by atoms with Crippen molar-refractivity contribution in [1.82, 2.24) is 15.3 Å². The minimum absolute atomic E-state index is 0.343. The number of rotatable bonds is 6. The summed E-state index contributed by atoms with van der Waals surface area (Å²) < 4.78 is 10.4. The van der Waals surface area contributed by atoms with Crippen LogP contribution in [0.1, 0.15) is 17.3 Å². The smallest absolute Gasteiger partial charge is 0.255 e. The largest absolute Gasteiger partial charge is 0.472 e. The standard InChI is InChI=1S/C18H16N4O4/c1-12(21-18(24)13-6-9-25-11-13)17(23)22-14-2-4-15(5-3-14)26-16-10-19-7-8-20-16/h2-12H,1H3,(H,21,24)(H,22,23)/t12-/m0/s1. The van der Waals surface area contributed by atoms with E-state index in [1.807, 2.05) is 0 Å². The minimum Gasteiger partial charge on any atom is -0.472 e. The molecule has 0 spiro atoms. The maximum absolute atomic E-state index is 12.2. The first kappa shape index (κ1) is 17.2. The second kappa shape index (κ2) is 7.93. The van der Waals surface area contributed by atoms with Gasteiger partial charge in [-0.15, -0.1) is 0 Å². The van der Waals surface area contributed by atoms with Crippen molar-refractivity contribution >= 4 is 17.5 Å². The van der Waals surface area contributed by atoms with Crippen LogP contribution < -0.4 is 15.4 Å². The Morgan fingerprint density at radius 2 is 1.96 bits per heavy atom.